The molecular formula is C16H21NO4S2. The molecule has 0 amide bonds. The van der Waals surface area contributed by atoms with Crippen molar-refractivity contribution in [1.29, 1.82) is 0 Å². The lowest BCUT2D eigenvalue weighted by molar-refractivity contribution is -0.153. The quantitative estimate of drug-likeness (QED) is 0.828. The smallest absolute Gasteiger partial charge is 0.345 e. The van der Waals surface area contributed by atoms with Gasteiger partial charge >= 0.3 is 11.9 Å². The number of aromatic carboxylic acids is 1. The van der Waals surface area contributed by atoms with Crippen molar-refractivity contribution in [1.82, 2.24) is 0 Å². The molecule has 0 aliphatic carbocycles. The van der Waals surface area contributed by atoms with Gasteiger partial charge in [-0.15, -0.1) is 23.1 Å². The molecule has 0 aromatic carbocycles. The van der Waals surface area contributed by atoms with Crippen molar-refractivity contribution in [3.05, 3.63) is 21.9 Å². The summed E-state index contributed by atoms with van der Waals surface area (Å²) in [5, 5.41) is 9.82. The summed E-state index contributed by atoms with van der Waals surface area (Å²) >= 11 is 2.81. The van der Waals surface area contributed by atoms with E-state index in [0.29, 0.717) is 4.88 Å². The van der Waals surface area contributed by atoms with Gasteiger partial charge in [0.1, 0.15) is 10.5 Å². The monoisotopic (exact) mass is 355 g/mol. The maximum atomic E-state index is 12.0. The van der Waals surface area contributed by atoms with Crippen molar-refractivity contribution in [3.63, 3.8) is 0 Å². The predicted octanol–water partition coefficient (Wildman–Crippen LogP) is 3.93. The number of rotatable bonds is 4. The first-order chi connectivity index (χ1) is 10.6. The number of ether oxygens (including phenoxy) is 1. The maximum absolute atomic E-state index is 12.0. The summed E-state index contributed by atoms with van der Waals surface area (Å²) in [6, 6.07) is 3.43. The number of aliphatic imine (C=N–C) groups is 1. The van der Waals surface area contributed by atoms with Crippen LogP contribution >= 0.6 is 23.1 Å². The van der Waals surface area contributed by atoms with E-state index in [1.165, 1.54) is 11.3 Å². The highest BCUT2D eigenvalue weighted by Crippen LogP contribution is 2.39. The van der Waals surface area contributed by atoms with Crippen LogP contribution < -0.4 is 0 Å². The lowest BCUT2D eigenvalue weighted by Gasteiger charge is -2.29. The topological polar surface area (TPSA) is 76.0 Å². The van der Waals surface area contributed by atoms with Crippen LogP contribution in [0, 0.1) is 0 Å². The molecule has 1 aromatic heterocycles. The van der Waals surface area contributed by atoms with Gasteiger partial charge in [-0.05, 0) is 46.2 Å². The second kappa shape index (κ2) is 6.65. The molecule has 2 rings (SSSR count). The molecule has 0 radical (unpaired) electrons. The molecule has 23 heavy (non-hydrogen) atoms. The van der Waals surface area contributed by atoms with E-state index in [9.17, 15) is 9.59 Å². The minimum Gasteiger partial charge on any atom is -0.477 e. The van der Waals surface area contributed by atoms with E-state index in [2.05, 4.69) is 0 Å². The lowest BCUT2D eigenvalue weighted by Crippen LogP contribution is -2.28. The summed E-state index contributed by atoms with van der Waals surface area (Å²) in [4.78, 5) is 29.0. The number of hydrogen-bond donors (Lipinski definition) is 1. The Hall–Kier alpha value is -1.34. The largest absolute Gasteiger partial charge is 0.477 e. The third-order valence-electron chi connectivity index (χ3n) is 3.29. The van der Waals surface area contributed by atoms with Gasteiger partial charge in [0.15, 0.2) is 0 Å². The van der Waals surface area contributed by atoms with E-state index in [1.54, 1.807) is 17.8 Å². The molecule has 1 aliphatic rings. The van der Waals surface area contributed by atoms with Gasteiger partial charge in [-0.2, -0.15) is 0 Å². The average Bonchev–Trinajstić information content (AvgIpc) is 2.86. The molecule has 1 aliphatic heterocycles. The standard InChI is InChI=1S/C16H21NO4S2/c1-15(2,3)21-13(18)9-12-17-16(4,7-8-22-12)11-6-5-10(23-11)14(19)20/h5-6H,7-9H2,1-4H3,(H,19,20). The Morgan fingerprint density at radius 3 is 2.65 bits per heavy atom. The van der Waals surface area contributed by atoms with Crippen molar-refractivity contribution in [3.8, 4) is 0 Å². The number of thiophene rings is 1. The van der Waals surface area contributed by atoms with Gasteiger partial charge in [-0.3, -0.25) is 9.79 Å². The molecule has 0 saturated carbocycles. The first-order valence-electron chi connectivity index (χ1n) is 7.36. The summed E-state index contributed by atoms with van der Waals surface area (Å²) in [7, 11) is 0. The van der Waals surface area contributed by atoms with Gasteiger partial charge < -0.3 is 9.84 Å². The van der Waals surface area contributed by atoms with Gasteiger partial charge in [0, 0.05) is 10.6 Å². The third-order valence-corrected chi connectivity index (χ3v) is 5.60. The highest BCUT2D eigenvalue weighted by Gasteiger charge is 2.33. The molecule has 0 spiro atoms. The summed E-state index contributed by atoms with van der Waals surface area (Å²) in [6.07, 6.45) is 0.976. The highest BCUT2D eigenvalue weighted by molar-refractivity contribution is 8.14. The van der Waals surface area contributed by atoms with Gasteiger partial charge in [-0.1, -0.05) is 0 Å². The third kappa shape index (κ3) is 4.81. The molecular weight excluding hydrogens is 334 g/mol. The van der Waals surface area contributed by atoms with Crippen LogP contribution in [0.5, 0.6) is 0 Å². The summed E-state index contributed by atoms with van der Waals surface area (Å²) in [5.74, 6) is -0.364. The molecule has 2 heterocycles. The van der Waals surface area contributed by atoms with Crippen LogP contribution in [-0.2, 0) is 15.1 Å². The Balaban J connectivity index is 2.16. The molecule has 0 saturated heterocycles. The van der Waals surface area contributed by atoms with Crippen molar-refractivity contribution < 1.29 is 19.4 Å². The zero-order chi connectivity index (χ0) is 17.3. The number of carbonyl (C=O) groups is 2. The maximum Gasteiger partial charge on any atom is 0.345 e. The van der Waals surface area contributed by atoms with Crippen LogP contribution in [0.2, 0.25) is 0 Å². The highest BCUT2D eigenvalue weighted by atomic mass is 32.2. The molecule has 1 aromatic rings. The normalized spacial score (nSPS) is 21.7. The minimum atomic E-state index is -0.923. The fraction of sp³-hybridized carbons (Fsp3) is 0.562. The summed E-state index contributed by atoms with van der Waals surface area (Å²) in [5.41, 5.74) is -0.981. The van der Waals surface area contributed by atoms with E-state index in [0.717, 1.165) is 22.1 Å². The van der Waals surface area contributed by atoms with Gasteiger partial charge in [-0.25, -0.2) is 4.79 Å². The predicted molar refractivity (Wildman–Crippen MR) is 93.6 cm³/mol. The Kier molecular flexibility index (Phi) is 5.20. The molecule has 126 valence electrons. The first-order valence-corrected chi connectivity index (χ1v) is 9.16. The number of hydrogen-bond acceptors (Lipinski definition) is 6. The van der Waals surface area contributed by atoms with E-state index in [-0.39, 0.29) is 12.4 Å². The number of thioether (sulfide) groups is 1. The molecule has 0 fully saturated rings. The minimum absolute atomic E-state index is 0.161. The summed E-state index contributed by atoms with van der Waals surface area (Å²) < 4.78 is 5.34. The zero-order valence-electron chi connectivity index (χ0n) is 13.7. The van der Waals surface area contributed by atoms with Crippen molar-refractivity contribution in [2.45, 2.75) is 51.7 Å². The fourth-order valence-electron chi connectivity index (χ4n) is 2.24. The molecule has 0 bridgehead atoms. The van der Waals surface area contributed by atoms with Crippen LogP contribution in [0.25, 0.3) is 0 Å². The Morgan fingerprint density at radius 1 is 1.39 bits per heavy atom. The Bertz CT molecular complexity index is 645. The van der Waals surface area contributed by atoms with Crippen LogP contribution in [0.1, 0.15) is 55.1 Å². The van der Waals surface area contributed by atoms with Crippen molar-refractivity contribution >= 4 is 40.1 Å². The van der Waals surface area contributed by atoms with E-state index in [4.69, 9.17) is 14.8 Å². The van der Waals surface area contributed by atoms with Gasteiger partial charge in [0.2, 0.25) is 0 Å². The second-order valence-corrected chi connectivity index (χ2v) is 8.86. The number of carbonyl (C=O) groups excluding carboxylic acids is 1. The van der Waals surface area contributed by atoms with Crippen LogP contribution in [0.3, 0.4) is 0 Å². The Morgan fingerprint density at radius 2 is 2.09 bits per heavy atom. The number of nitrogens with zero attached hydrogens (tertiary/aromatic N) is 1. The van der Waals surface area contributed by atoms with Crippen molar-refractivity contribution in [2.24, 2.45) is 4.99 Å². The SMILES string of the molecule is CC(C)(C)OC(=O)CC1=NC(C)(c2ccc(C(=O)O)s2)CCS1. The van der Waals surface area contributed by atoms with E-state index in [1.807, 2.05) is 33.8 Å². The average molecular weight is 355 g/mol. The van der Waals surface area contributed by atoms with Crippen LogP contribution in [0.15, 0.2) is 17.1 Å². The fourth-order valence-corrected chi connectivity index (χ4v) is 4.43. The molecule has 1 atom stereocenters. The first kappa shape index (κ1) is 18.0. The van der Waals surface area contributed by atoms with Crippen LogP contribution in [-0.4, -0.2) is 33.4 Å². The second-order valence-electron chi connectivity index (χ2n) is 6.61. The number of carboxylic acid groups (broad SMARTS) is 1. The van der Waals surface area contributed by atoms with Gasteiger partial charge in [0.05, 0.1) is 17.0 Å². The van der Waals surface area contributed by atoms with E-state index < -0.39 is 17.1 Å². The number of carboxylic acids is 1. The molecule has 5 nitrogen and oxygen atoms in total. The van der Waals surface area contributed by atoms with Crippen LogP contribution in [0.4, 0.5) is 0 Å². The number of esters is 1. The van der Waals surface area contributed by atoms with E-state index >= 15 is 0 Å². The van der Waals surface area contributed by atoms with Gasteiger partial charge in [0.25, 0.3) is 0 Å². The Labute approximate surface area is 144 Å². The summed E-state index contributed by atoms with van der Waals surface area (Å²) in [6.45, 7) is 7.50. The lowest BCUT2D eigenvalue weighted by atomic mass is 9.97. The molecule has 1 unspecified atom stereocenters. The van der Waals surface area contributed by atoms with Crippen molar-refractivity contribution in [2.75, 3.05) is 5.75 Å². The zero-order valence-corrected chi connectivity index (χ0v) is 15.3. The molecule has 7 heteroatoms. The molecule has 1 N–H and O–H groups in total.